The van der Waals surface area contributed by atoms with Gasteiger partial charge in [0.1, 0.15) is 11.6 Å². The minimum absolute atomic E-state index is 0.0327. The van der Waals surface area contributed by atoms with Gasteiger partial charge in [-0.25, -0.2) is 8.78 Å². The molecule has 0 amide bonds. The zero-order chi connectivity index (χ0) is 23.8. The van der Waals surface area contributed by atoms with Crippen molar-refractivity contribution in [2.75, 3.05) is 13.6 Å². The number of carbonyl (C=O) groups is 2. The minimum Gasteiger partial charge on any atom is -0.495 e. The molecule has 8 heteroatoms. The molecule has 0 aromatic heterocycles. The standard InChI is InChI=1S/C25H24BF2NO4/c1-3-24(30)32-26(33-25(31)17-29(2)16-18-8-5-4-6-9-18)22-13-12-20(15-23(22)28)19-10-7-11-21(27)14-19/h4-15H,3,16-17H2,1-2H3. The van der Waals surface area contributed by atoms with Crippen LogP contribution in [-0.2, 0) is 25.4 Å². The highest BCUT2D eigenvalue weighted by Gasteiger charge is 2.33. The van der Waals surface area contributed by atoms with E-state index >= 15 is 0 Å². The Morgan fingerprint density at radius 1 is 0.879 bits per heavy atom. The van der Waals surface area contributed by atoms with E-state index in [1.807, 2.05) is 30.3 Å². The molecule has 0 aliphatic heterocycles. The molecule has 0 N–H and O–H groups in total. The van der Waals surface area contributed by atoms with E-state index in [2.05, 4.69) is 0 Å². The molecule has 0 saturated heterocycles. The smallest absolute Gasteiger partial charge is 0.495 e. The molecule has 0 fully saturated rings. The van der Waals surface area contributed by atoms with Crippen LogP contribution in [0.1, 0.15) is 18.9 Å². The summed E-state index contributed by atoms with van der Waals surface area (Å²) in [5.41, 5.74) is 1.84. The third-order valence-electron chi connectivity index (χ3n) is 4.87. The maximum Gasteiger partial charge on any atom is 0.639 e. The van der Waals surface area contributed by atoms with Gasteiger partial charge < -0.3 is 9.31 Å². The van der Waals surface area contributed by atoms with Gasteiger partial charge in [-0.2, -0.15) is 0 Å². The van der Waals surface area contributed by atoms with Crippen LogP contribution in [0.2, 0.25) is 0 Å². The van der Waals surface area contributed by atoms with Gasteiger partial charge in [0.05, 0.1) is 6.54 Å². The monoisotopic (exact) mass is 451 g/mol. The third-order valence-corrected chi connectivity index (χ3v) is 4.87. The van der Waals surface area contributed by atoms with E-state index in [1.54, 1.807) is 31.0 Å². The highest BCUT2D eigenvalue weighted by atomic mass is 19.1. The van der Waals surface area contributed by atoms with E-state index in [-0.39, 0.29) is 18.4 Å². The van der Waals surface area contributed by atoms with Crippen LogP contribution in [0.25, 0.3) is 11.1 Å². The van der Waals surface area contributed by atoms with Gasteiger partial charge in [0.2, 0.25) is 0 Å². The third kappa shape index (κ3) is 6.98. The van der Waals surface area contributed by atoms with Crippen molar-refractivity contribution in [1.29, 1.82) is 0 Å². The number of nitrogens with zero attached hydrogens (tertiary/aromatic N) is 1. The molecule has 0 aliphatic carbocycles. The summed E-state index contributed by atoms with van der Waals surface area (Å²) in [6.45, 7) is 2.00. The maximum atomic E-state index is 15.0. The van der Waals surface area contributed by atoms with Crippen LogP contribution < -0.4 is 5.46 Å². The summed E-state index contributed by atoms with van der Waals surface area (Å²) >= 11 is 0. The van der Waals surface area contributed by atoms with Gasteiger partial charge >= 0.3 is 13.1 Å². The number of hydrogen-bond acceptors (Lipinski definition) is 5. The fourth-order valence-electron chi connectivity index (χ4n) is 3.25. The Hall–Kier alpha value is -3.52. The van der Waals surface area contributed by atoms with Crippen molar-refractivity contribution in [2.24, 2.45) is 0 Å². The molecule has 0 unspecified atom stereocenters. The zero-order valence-electron chi connectivity index (χ0n) is 18.5. The molecule has 3 aromatic rings. The van der Waals surface area contributed by atoms with Gasteiger partial charge in [0.15, 0.2) is 0 Å². The first-order valence-electron chi connectivity index (χ1n) is 10.5. The molecule has 0 heterocycles. The summed E-state index contributed by atoms with van der Waals surface area (Å²) < 4.78 is 39.0. The van der Waals surface area contributed by atoms with Crippen molar-refractivity contribution in [2.45, 2.75) is 19.9 Å². The van der Waals surface area contributed by atoms with E-state index in [0.717, 1.165) is 5.56 Å². The van der Waals surface area contributed by atoms with Crippen LogP contribution in [0.15, 0.2) is 72.8 Å². The second-order valence-electron chi connectivity index (χ2n) is 7.57. The zero-order valence-corrected chi connectivity index (χ0v) is 18.5. The highest BCUT2D eigenvalue weighted by molar-refractivity contribution is 6.64. The fraction of sp³-hybridized carbons (Fsp3) is 0.200. The summed E-state index contributed by atoms with van der Waals surface area (Å²) in [4.78, 5) is 26.1. The largest absolute Gasteiger partial charge is 0.639 e. The molecule has 0 bridgehead atoms. The van der Waals surface area contributed by atoms with Crippen LogP contribution >= 0.6 is 0 Å². The lowest BCUT2D eigenvalue weighted by Crippen LogP contribution is -2.44. The predicted molar refractivity (Wildman–Crippen MR) is 122 cm³/mol. The Morgan fingerprint density at radius 2 is 1.58 bits per heavy atom. The van der Waals surface area contributed by atoms with Crippen LogP contribution in [-0.4, -0.2) is 37.5 Å². The van der Waals surface area contributed by atoms with Crippen LogP contribution in [0.3, 0.4) is 0 Å². The van der Waals surface area contributed by atoms with Gasteiger partial charge in [-0.15, -0.1) is 0 Å². The Labute approximate surface area is 192 Å². The molecule has 0 spiro atoms. The number of halogens is 2. The molecule has 3 aromatic carbocycles. The molecular formula is C25H24BF2NO4. The first-order chi connectivity index (χ1) is 15.9. The van der Waals surface area contributed by atoms with Gasteiger partial charge in [-0.05, 0) is 41.9 Å². The van der Waals surface area contributed by atoms with E-state index in [4.69, 9.17) is 9.31 Å². The fourth-order valence-corrected chi connectivity index (χ4v) is 3.25. The van der Waals surface area contributed by atoms with Gasteiger partial charge in [0.25, 0.3) is 5.97 Å². The van der Waals surface area contributed by atoms with E-state index in [9.17, 15) is 18.4 Å². The van der Waals surface area contributed by atoms with Gasteiger partial charge in [0, 0.05) is 18.4 Å². The second kappa shape index (κ2) is 11.4. The van der Waals surface area contributed by atoms with Crippen molar-refractivity contribution < 1.29 is 27.7 Å². The van der Waals surface area contributed by atoms with Gasteiger partial charge in [-0.3, -0.25) is 14.5 Å². The lowest BCUT2D eigenvalue weighted by atomic mass is 9.77. The first-order valence-corrected chi connectivity index (χ1v) is 10.5. The summed E-state index contributed by atoms with van der Waals surface area (Å²) in [5, 5.41) is 0. The summed E-state index contributed by atoms with van der Waals surface area (Å²) in [6, 6.07) is 19.4. The summed E-state index contributed by atoms with van der Waals surface area (Å²) in [6.07, 6.45) is 0.0327. The topological polar surface area (TPSA) is 55.8 Å². The molecule has 0 atom stereocenters. The molecule has 0 saturated carbocycles. The molecular weight excluding hydrogens is 427 g/mol. The molecule has 0 aliphatic rings. The van der Waals surface area contributed by atoms with E-state index < -0.39 is 30.7 Å². The van der Waals surface area contributed by atoms with E-state index in [0.29, 0.717) is 17.7 Å². The van der Waals surface area contributed by atoms with Crippen LogP contribution in [0.4, 0.5) is 8.78 Å². The Balaban J connectivity index is 1.75. The van der Waals surface area contributed by atoms with Crippen molar-refractivity contribution >= 4 is 24.5 Å². The normalized spacial score (nSPS) is 10.7. The average molecular weight is 451 g/mol. The van der Waals surface area contributed by atoms with Crippen molar-refractivity contribution in [3.05, 3.63) is 90.0 Å². The number of rotatable bonds is 9. The molecule has 170 valence electrons. The SMILES string of the molecule is CCC(=O)OB(OC(=O)CN(C)Cc1ccccc1)c1ccc(-c2cccc(F)c2)cc1F. The van der Waals surface area contributed by atoms with E-state index in [1.165, 1.54) is 30.3 Å². The number of carbonyl (C=O) groups excluding carboxylic acids is 2. The van der Waals surface area contributed by atoms with Crippen LogP contribution in [0.5, 0.6) is 0 Å². The number of likely N-dealkylation sites (N-methyl/N-ethyl adjacent to an activating group) is 1. The lowest BCUT2D eigenvalue weighted by Gasteiger charge is -2.19. The van der Waals surface area contributed by atoms with Crippen molar-refractivity contribution in [3.63, 3.8) is 0 Å². The Morgan fingerprint density at radius 3 is 2.24 bits per heavy atom. The van der Waals surface area contributed by atoms with Crippen molar-refractivity contribution in [1.82, 2.24) is 4.90 Å². The summed E-state index contributed by atoms with van der Waals surface area (Å²) in [5.74, 6) is -2.49. The van der Waals surface area contributed by atoms with Crippen LogP contribution in [0, 0.1) is 11.6 Å². The highest BCUT2D eigenvalue weighted by Crippen LogP contribution is 2.20. The number of benzene rings is 3. The average Bonchev–Trinajstić information content (AvgIpc) is 2.79. The maximum absolute atomic E-state index is 15.0. The Kier molecular flexibility index (Phi) is 8.32. The summed E-state index contributed by atoms with van der Waals surface area (Å²) in [7, 11) is 0.215. The quantitative estimate of drug-likeness (QED) is 0.462. The molecule has 33 heavy (non-hydrogen) atoms. The molecule has 0 radical (unpaired) electrons. The van der Waals surface area contributed by atoms with Gasteiger partial charge in [-0.1, -0.05) is 61.5 Å². The minimum atomic E-state index is -1.53. The van der Waals surface area contributed by atoms with Crippen molar-refractivity contribution in [3.8, 4) is 11.1 Å². The first kappa shape index (κ1) is 24.1. The predicted octanol–water partition coefficient (Wildman–Crippen LogP) is 3.96. The second-order valence-corrected chi connectivity index (χ2v) is 7.57. The molecule has 5 nitrogen and oxygen atoms in total. The molecule has 3 rings (SSSR count). The number of hydrogen-bond donors (Lipinski definition) is 0. The Bertz CT molecular complexity index is 1110. The lowest BCUT2D eigenvalue weighted by molar-refractivity contribution is -0.140.